The number of fused-ring (bicyclic) bond motifs is 4. The number of ketones is 2. The fourth-order valence-electron chi connectivity index (χ4n) is 4.24. The summed E-state index contributed by atoms with van der Waals surface area (Å²) < 4.78 is 14.4. The second-order valence-electron chi connectivity index (χ2n) is 7.29. The summed E-state index contributed by atoms with van der Waals surface area (Å²) >= 11 is 5.86. The third-order valence-electron chi connectivity index (χ3n) is 5.76. The van der Waals surface area contributed by atoms with Crippen molar-refractivity contribution in [1.82, 2.24) is 0 Å². The van der Waals surface area contributed by atoms with Crippen molar-refractivity contribution < 1.29 is 14.0 Å². The van der Waals surface area contributed by atoms with Crippen LogP contribution in [0.15, 0.2) is 48.0 Å². The van der Waals surface area contributed by atoms with Crippen LogP contribution in [0.2, 0.25) is 5.02 Å². The zero-order chi connectivity index (χ0) is 19.1. The molecule has 0 heterocycles. The molecule has 2 unspecified atom stereocenters. The number of carbonyl (C=O) groups is 2. The van der Waals surface area contributed by atoms with Crippen LogP contribution in [0.5, 0.6) is 0 Å². The fraction of sp³-hybridized carbons (Fsp3) is 0.304. The van der Waals surface area contributed by atoms with E-state index in [0.29, 0.717) is 35.4 Å². The average Bonchev–Trinajstić information content (AvgIpc) is 2.86. The number of halogens is 2. The van der Waals surface area contributed by atoms with Crippen LogP contribution in [0.4, 0.5) is 4.39 Å². The molecule has 5 rings (SSSR count). The Morgan fingerprint density at radius 1 is 1.15 bits per heavy atom. The molecule has 2 nitrogen and oxygen atoms in total. The van der Waals surface area contributed by atoms with Crippen LogP contribution < -0.4 is 0 Å². The van der Waals surface area contributed by atoms with Gasteiger partial charge in [0, 0.05) is 16.5 Å². The molecule has 2 bridgehead atoms. The minimum atomic E-state index is -0.767. The lowest BCUT2D eigenvalue weighted by Crippen LogP contribution is -2.25. The predicted octanol–water partition coefficient (Wildman–Crippen LogP) is 5.67. The summed E-state index contributed by atoms with van der Waals surface area (Å²) in [6.07, 6.45) is 4.73. The minimum absolute atomic E-state index is 0.00665. The SMILES string of the molecule is CCc1ccc(-c2ccc(Cl)cc2F)cc1C1C(=O)C2=CCC(CC2)C1=O. The van der Waals surface area contributed by atoms with Gasteiger partial charge in [0.2, 0.25) is 0 Å². The lowest BCUT2D eigenvalue weighted by Gasteiger charge is -2.20. The second kappa shape index (κ2) is 7.05. The maximum absolute atomic E-state index is 14.4. The highest BCUT2D eigenvalue weighted by Gasteiger charge is 2.41. The summed E-state index contributed by atoms with van der Waals surface area (Å²) in [6, 6.07) is 10.1. The van der Waals surface area contributed by atoms with Crippen LogP contribution in [0.3, 0.4) is 0 Å². The lowest BCUT2D eigenvalue weighted by molar-refractivity contribution is -0.128. The van der Waals surface area contributed by atoms with Crippen LogP contribution >= 0.6 is 11.6 Å². The van der Waals surface area contributed by atoms with Crippen molar-refractivity contribution in [3.05, 3.63) is 70.0 Å². The number of benzene rings is 2. The third kappa shape index (κ3) is 3.14. The molecule has 138 valence electrons. The summed E-state index contributed by atoms with van der Waals surface area (Å²) in [7, 11) is 0. The molecule has 2 aromatic rings. The Bertz CT molecular complexity index is 976. The standard InChI is InChI=1S/C23H20ClFO2/c1-2-13-3-8-16(18-10-9-17(24)12-20(18)25)11-19(13)21-22(26)14-4-5-15(7-6-14)23(21)27/h3-4,8-12,15,21H,2,5-7H2,1H3. The largest absolute Gasteiger partial charge is 0.298 e. The topological polar surface area (TPSA) is 34.1 Å². The van der Waals surface area contributed by atoms with E-state index in [4.69, 9.17) is 11.6 Å². The van der Waals surface area contributed by atoms with Gasteiger partial charge in [-0.2, -0.15) is 0 Å². The smallest absolute Gasteiger partial charge is 0.173 e. The molecule has 0 amide bonds. The Labute approximate surface area is 163 Å². The van der Waals surface area contributed by atoms with Crippen molar-refractivity contribution in [2.24, 2.45) is 5.92 Å². The molecule has 2 atom stereocenters. The number of hydrogen-bond acceptors (Lipinski definition) is 2. The molecule has 2 aromatic carbocycles. The number of allylic oxidation sites excluding steroid dienone is 2. The van der Waals surface area contributed by atoms with Crippen LogP contribution in [-0.2, 0) is 16.0 Å². The molecule has 0 radical (unpaired) electrons. The summed E-state index contributed by atoms with van der Waals surface area (Å²) in [5, 5.41) is 0.333. The number of aryl methyl sites for hydroxylation is 1. The monoisotopic (exact) mass is 382 g/mol. The Hall–Kier alpha value is -2.26. The fourth-order valence-corrected chi connectivity index (χ4v) is 4.40. The van der Waals surface area contributed by atoms with Crippen molar-refractivity contribution in [3.8, 4) is 11.1 Å². The average molecular weight is 383 g/mol. The third-order valence-corrected chi connectivity index (χ3v) is 5.99. The molecule has 0 saturated heterocycles. The number of Topliss-reactive ketones (excluding diaryl/α,β-unsaturated/α-hetero) is 2. The molecule has 0 aliphatic heterocycles. The van der Waals surface area contributed by atoms with Gasteiger partial charge in [-0.1, -0.05) is 36.7 Å². The van der Waals surface area contributed by atoms with Crippen molar-refractivity contribution in [2.75, 3.05) is 0 Å². The van der Waals surface area contributed by atoms with E-state index < -0.39 is 11.7 Å². The first-order chi connectivity index (χ1) is 13.0. The Morgan fingerprint density at radius 3 is 2.63 bits per heavy atom. The number of carbonyl (C=O) groups excluding carboxylic acids is 2. The molecule has 0 N–H and O–H groups in total. The quantitative estimate of drug-likeness (QED) is 0.641. The van der Waals surface area contributed by atoms with Crippen LogP contribution in [0.25, 0.3) is 11.1 Å². The van der Waals surface area contributed by atoms with E-state index in [2.05, 4.69) is 0 Å². The summed E-state index contributed by atoms with van der Waals surface area (Å²) in [4.78, 5) is 26.2. The molecule has 0 spiro atoms. The number of hydrogen-bond donors (Lipinski definition) is 0. The van der Waals surface area contributed by atoms with Crippen molar-refractivity contribution in [3.63, 3.8) is 0 Å². The van der Waals surface area contributed by atoms with Crippen molar-refractivity contribution in [2.45, 2.75) is 38.5 Å². The lowest BCUT2D eigenvalue weighted by atomic mass is 9.82. The zero-order valence-electron chi connectivity index (χ0n) is 15.1. The molecule has 1 fully saturated rings. The Kier molecular flexibility index (Phi) is 4.73. The predicted molar refractivity (Wildman–Crippen MR) is 104 cm³/mol. The van der Waals surface area contributed by atoms with Gasteiger partial charge < -0.3 is 0 Å². The van der Waals surface area contributed by atoms with E-state index in [1.54, 1.807) is 12.1 Å². The Balaban J connectivity index is 1.85. The molecule has 1 saturated carbocycles. The molecule has 27 heavy (non-hydrogen) atoms. The van der Waals surface area contributed by atoms with Crippen LogP contribution in [-0.4, -0.2) is 11.6 Å². The van der Waals surface area contributed by atoms with Crippen LogP contribution in [0.1, 0.15) is 43.2 Å². The molecule has 3 aliphatic carbocycles. The summed E-state index contributed by atoms with van der Waals surface area (Å²) in [5.74, 6) is -1.35. The minimum Gasteiger partial charge on any atom is -0.298 e. The van der Waals surface area contributed by atoms with E-state index >= 15 is 0 Å². The van der Waals surface area contributed by atoms with Gasteiger partial charge in [0.15, 0.2) is 11.6 Å². The van der Waals surface area contributed by atoms with E-state index in [0.717, 1.165) is 23.1 Å². The van der Waals surface area contributed by atoms with E-state index in [1.807, 2.05) is 31.2 Å². The Morgan fingerprint density at radius 2 is 1.96 bits per heavy atom. The molecule has 4 heteroatoms. The van der Waals surface area contributed by atoms with Crippen molar-refractivity contribution in [1.29, 1.82) is 0 Å². The summed E-state index contributed by atoms with van der Waals surface area (Å²) in [6.45, 7) is 2.00. The molecular formula is C23H20ClFO2. The van der Waals surface area contributed by atoms with Gasteiger partial charge >= 0.3 is 0 Å². The highest BCUT2D eigenvalue weighted by Crippen LogP contribution is 2.40. The maximum atomic E-state index is 14.4. The number of rotatable bonds is 3. The van der Waals surface area contributed by atoms with Gasteiger partial charge in [-0.3, -0.25) is 9.59 Å². The summed E-state index contributed by atoms with van der Waals surface area (Å²) in [5.41, 5.74) is 3.52. The van der Waals surface area contributed by atoms with E-state index in [1.165, 1.54) is 6.07 Å². The maximum Gasteiger partial charge on any atom is 0.173 e. The van der Waals surface area contributed by atoms with Gasteiger partial charge in [-0.15, -0.1) is 0 Å². The molecule has 3 aliphatic rings. The zero-order valence-corrected chi connectivity index (χ0v) is 15.9. The van der Waals surface area contributed by atoms with Gasteiger partial charge in [0.05, 0.1) is 0 Å². The van der Waals surface area contributed by atoms with E-state index in [9.17, 15) is 14.0 Å². The van der Waals surface area contributed by atoms with Crippen molar-refractivity contribution >= 4 is 23.2 Å². The highest BCUT2D eigenvalue weighted by atomic mass is 35.5. The van der Waals surface area contributed by atoms with Gasteiger partial charge in [-0.25, -0.2) is 4.39 Å². The van der Waals surface area contributed by atoms with Gasteiger partial charge in [0.1, 0.15) is 11.7 Å². The molecule has 0 aromatic heterocycles. The van der Waals surface area contributed by atoms with Gasteiger partial charge in [0.25, 0.3) is 0 Å². The van der Waals surface area contributed by atoms with Gasteiger partial charge in [-0.05, 0) is 72.2 Å². The second-order valence-corrected chi connectivity index (χ2v) is 7.73. The van der Waals surface area contributed by atoms with Crippen LogP contribution in [0, 0.1) is 11.7 Å². The first-order valence-corrected chi connectivity index (χ1v) is 9.72. The highest BCUT2D eigenvalue weighted by molar-refractivity contribution is 6.30. The van der Waals surface area contributed by atoms with E-state index in [-0.39, 0.29) is 17.5 Å². The first-order valence-electron chi connectivity index (χ1n) is 9.34. The normalized spacial score (nSPS) is 22.0. The molecular weight excluding hydrogens is 363 g/mol. The first kappa shape index (κ1) is 18.1.